The molecule has 0 saturated heterocycles. The van der Waals surface area contributed by atoms with Crippen LogP contribution in [0.2, 0.25) is 0 Å². The van der Waals surface area contributed by atoms with Crippen LogP contribution in [-0.2, 0) is 9.53 Å². The van der Waals surface area contributed by atoms with Crippen LogP contribution in [0, 0.1) is 6.92 Å². The predicted octanol–water partition coefficient (Wildman–Crippen LogP) is 4.25. The predicted molar refractivity (Wildman–Crippen MR) is 89.4 cm³/mol. The molecule has 22 heavy (non-hydrogen) atoms. The minimum atomic E-state index is -0.411. The van der Waals surface area contributed by atoms with E-state index in [1.165, 1.54) is 11.3 Å². The Kier molecular flexibility index (Phi) is 5.33. The minimum Gasteiger partial charge on any atom is -0.462 e. The van der Waals surface area contributed by atoms with Crippen molar-refractivity contribution in [1.29, 1.82) is 0 Å². The normalized spacial score (nSPS) is 10.3. The lowest BCUT2D eigenvalue weighted by Crippen LogP contribution is -2.13. The fraction of sp³-hybridized carbons (Fsp3) is 0.294. The Hall–Kier alpha value is -2.14. The van der Waals surface area contributed by atoms with E-state index in [4.69, 9.17) is 4.74 Å². The second-order valence-electron chi connectivity index (χ2n) is 4.84. The molecular weight excluding hydrogens is 298 g/mol. The molecule has 0 radical (unpaired) electrons. The molecule has 1 heterocycles. The SMILES string of the molecule is CCOC(=O)c1c(-c2ccc(C)cc2)csc1NC(=O)CC. The van der Waals surface area contributed by atoms with Crippen LogP contribution in [0.4, 0.5) is 5.00 Å². The molecule has 4 nitrogen and oxygen atoms in total. The van der Waals surface area contributed by atoms with E-state index in [9.17, 15) is 9.59 Å². The van der Waals surface area contributed by atoms with E-state index in [1.54, 1.807) is 13.8 Å². The summed E-state index contributed by atoms with van der Waals surface area (Å²) in [6, 6.07) is 7.91. The number of rotatable bonds is 5. The van der Waals surface area contributed by atoms with Gasteiger partial charge in [0.15, 0.2) is 0 Å². The van der Waals surface area contributed by atoms with Gasteiger partial charge >= 0.3 is 5.97 Å². The third-order valence-electron chi connectivity index (χ3n) is 3.21. The Morgan fingerprint density at radius 1 is 1.18 bits per heavy atom. The largest absolute Gasteiger partial charge is 0.462 e. The van der Waals surface area contributed by atoms with Gasteiger partial charge in [0.25, 0.3) is 0 Å². The summed E-state index contributed by atoms with van der Waals surface area (Å²) in [5, 5.41) is 5.20. The molecule has 1 aromatic carbocycles. The Balaban J connectivity index is 2.47. The molecule has 5 heteroatoms. The van der Waals surface area contributed by atoms with Crippen LogP contribution in [0.1, 0.15) is 36.2 Å². The van der Waals surface area contributed by atoms with Crippen molar-refractivity contribution in [2.24, 2.45) is 0 Å². The number of benzene rings is 1. The number of esters is 1. The zero-order valence-electron chi connectivity index (χ0n) is 12.9. The fourth-order valence-electron chi connectivity index (χ4n) is 2.02. The summed E-state index contributed by atoms with van der Waals surface area (Å²) >= 11 is 1.34. The molecule has 1 amide bonds. The van der Waals surface area contributed by atoms with Crippen LogP contribution in [0.15, 0.2) is 29.6 Å². The molecule has 0 aliphatic carbocycles. The number of aryl methyl sites for hydroxylation is 1. The number of amides is 1. The maximum Gasteiger partial charge on any atom is 0.341 e. The first-order valence-electron chi connectivity index (χ1n) is 7.22. The van der Waals surface area contributed by atoms with Crippen LogP contribution in [0.3, 0.4) is 0 Å². The number of thiophene rings is 1. The summed E-state index contributed by atoms with van der Waals surface area (Å²) in [4.78, 5) is 23.9. The highest BCUT2D eigenvalue weighted by Gasteiger charge is 2.22. The first-order valence-corrected chi connectivity index (χ1v) is 8.10. The average molecular weight is 317 g/mol. The summed E-state index contributed by atoms with van der Waals surface area (Å²) in [5.41, 5.74) is 3.30. The van der Waals surface area contributed by atoms with Crippen molar-refractivity contribution in [2.75, 3.05) is 11.9 Å². The van der Waals surface area contributed by atoms with Crippen LogP contribution >= 0.6 is 11.3 Å². The van der Waals surface area contributed by atoms with E-state index in [2.05, 4.69) is 5.32 Å². The quantitative estimate of drug-likeness (QED) is 0.839. The van der Waals surface area contributed by atoms with Crippen LogP contribution in [0.25, 0.3) is 11.1 Å². The zero-order chi connectivity index (χ0) is 16.1. The van der Waals surface area contributed by atoms with Gasteiger partial charge in [-0.05, 0) is 19.4 Å². The van der Waals surface area contributed by atoms with Crippen molar-refractivity contribution in [3.63, 3.8) is 0 Å². The monoisotopic (exact) mass is 317 g/mol. The molecule has 0 bridgehead atoms. The first-order chi connectivity index (χ1) is 10.6. The van der Waals surface area contributed by atoms with Gasteiger partial charge in [0, 0.05) is 17.4 Å². The first kappa shape index (κ1) is 16.2. The highest BCUT2D eigenvalue weighted by molar-refractivity contribution is 7.15. The summed E-state index contributed by atoms with van der Waals surface area (Å²) in [5.74, 6) is -0.534. The maximum atomic E-state index is 12.3. The van der Waals surface area contributed by atoms with Crippen molar-refractivity contribution in [3.05, 3.63) is 40.8 Å². The maximum absolute atomic E-state index is 12.3. The molecule has 0 spiro atoms. The van der Waals surface area contributed by atoms with Crippen LogP contribution in [-0.4, -0.2) is 18.5 Å². The highest BCUT2D eigenvalue weighted by atomic mass is 32.1. The van der Waals surface area contributed by atoms with E-state index in [0.717, 1.165) is 16.7 Å². The number of hydrogen-bond donors (Lipinski definition) is 1. The highest BCUT2D eigenvalue weighted by Crippen LogP contribution is 2.36. The van der Waals surface area contributed by atoms with E-state index in [-0.39, 0.29) is 5.91 Å². The summed E-state index contributed by atoms with van der Waals surface area (Å²) in [6.07, 6.45) is 0.361. The van der Waals surface area contributed by atoms with Crippen molar-refractivity contribution in [2.45, 2.75) is 27.2 Å². The molecule has 0 atom stereocenters. The number of nitrogens with one attached hydrogen (secondary N) is 1. The van der Waals surface area contributed by atoms with Gasteiger partial charge in [0.1, 0.15) is 10.6 Å². The molecule has 1 N–H and O–H groups in total. The van der Waals surface area contributed by atoms with Gasteiger partial charge in [-0.3, -0.25) is 4.79 Å². The summed E-state index contributed by atoms with van der Waals surface area (Å²) in [6.45, 7) is 5.84. The Labute approximate surface area is 134 Å². The smallest absolute Gasteiger partial charge is 0.341 e. The van der Waals surface area contributed by atoms with Crippen molar-refractivity contribution in [3.8, 4) is 11.1 Å². The average Bonchev–Trinajstić information content (AvgIpc) is 2.91. The summed E-state index contributed by atoms with van der Waals surface area (Å²) < 4.78 is 5.14. The van der Waals surface area contributed by atoms with Crippen molar-refractivity contribution < 1.29 is 14.3 Å². The molecule has 2 rings (SSSR count). The van der Waals surface area contributed by atoms with Gasteiger partial charge in [-0.15, -0.1) is 11.3 Å². The van der Waals surface area contributed by atoms with Gasteiger partial charge in [-0.1, -0.05) is 36.8 Å². The van der Waals surface area contributed by atoms with E-state index in [0.29, 0.717) is 23.6 Å². The molecular formula is C17H19NO3S. The third-order valence-corrected chi connectivity index (χ3v) is 4.10. The molecule has 1 aromatic heterocycles. The van der Waals surface area contributed by atoms with Gasteiger partial charge in [0.05, 0.1) is 6.61 Å². The molecule has 0 aliphatic heterocycles. The number of carbonyl (C=O) groups is 2. The standard InChI is InChI=1S/C17H19NO3S/c1-4-14(19)18-16-15(17(20)21-5-2)13(10-22-16)12-8-6-11(3)7-9-12/h6-10H,4-5H2,1-3H3,(H,18,19). The van der Waals surface area contributed by atoms with Crippen LogP contribution < -0.4 is 5.32 Å². The Morgan fingerprint density at radius 2 is 1.86 bits per heavy atom. The molecule has 0 aliphatic rings. The third kappa shape index (κ3) is 3.54. The zero-order valence-corrected chi connectivity index (χ0v) is 13.8. The topological polar surface area (TPSA) is 55.4 Å². The van der Waals surface area contributed by atoms with Crippen molar-refractivity contribution in [1.82, 2.24) is 0 Å². The molecule has 0 fully saturated rings. The lowest BCUT2D eigenvalue weighted by Gasteiger charge is -2.08. The Bertz CT molecular complexity index is 674. The lowest BCUT2D eigenvalue weighted by molar-refractivity contribution is -0.115. The van der Waals surface area contributed by atoms with Gasteiger partial charge in [-0.25, -0.2) is 4.79 Å². The van der Waals surface area contributed by atoms with E-state index >= 15 is 0 Å². The number of carbonyl (C=O) groups excluding carboxylic acids is 2. The number of ether oxygens (including phenoxy) is 1. The van der Waals surface area contributed by atoms with Crippen LogP contribution in [0.5, 0.6) is 0 Å². The second-order valence-corrected chi connectivity index (χ2v) is 5.72. The molecule has 2 aromatic rings. The minimum absolute atomic E-state index is 0.122. The number of hydrogen-bond acceptors (Lipinski definition) is 4. The van der Waals surface area contributed by atoms with E-state index < -0.39 is 5.97 Å². The second kappa shape index (κ2) is 7.22. The van der Waals surface area contributed by atoms with Gasteiger partial charge in [-0.2, -0.15) is 0 Å². The molecule has 116 valence electrons. The Morgan fingerprint density at radius 3 is 2.45 bits per heavy atom. The number of anilines is 1. The molecule has 0 saturated carbocycles. The van der Waals surface area contributed by atoms with Gasteiger partial charge in [0.2, 0.25) is 5.91 Å². The van der Waals surface area contributed by atoms with Gasteiger partial charge < -0.3 is 10.1 Å². The fourth-order valence-corrected chi connectivity index (χ4v) is 2.99. The summed E-state index contributed by atoms with van der Waals surface area (Å²) in [7, 11) is 0. The van der Waals surface area contributed by atoms with Crippen molar-refractivity contribution >= 4 is 28.2 Å². The lowest BCUT2D eigenvalue weighted by atomic mass is 10.0. The van der Waals surface area contributed by atoms with E-state index in [1.807, 2.05) is 36.6 Å². The molecule has 0 unspecified atom stereocenters.